The Morgan fingerprint density at radius 3 is 2.06 bits per heavy atom. The quantitative estimate of drug-likeness (QED) is 0.827. The van der Waals surface area contributed by atoms with Gasteiger partial charge in [-0.3, -0.25) is 0 Å². The van der Waals surface area contributed by atoms with Gasteiger partial charge in [0, 0.05) is 13.0 Å². The highest BCUT2D eigenvalue weighted by molar-refractivity contribution is 6.79. The molecule has 0 saturated heterocycles. The van der Waals surface area contributed by atoms with Crippen molar-refractivity contribution in [2.24, 2.45) is 0 Å². The van der Waals surface area contributed by atoms with Gasteiger partial charge in [-0.1, -0.05) is 50.0 Å². The third kappa shape index (κ3) is 3.02. The first-order valence-electron chi connectivity index (χ1n) is 6.52. The molecule has 0 aliphatic carbocycles. The standard InChI is InChI=1S/C15H26O2Si/c1-12(17-3)14(13-10-8-7-9-11-13)15(2,16)18(4,5)6/h7-12,14,16H,1-6H3/t12-,14-,15+/m0/s1. The first-order valence-corrected chi connectivity index (χ1v) is 10.0. The van der Waals surface area contributed by atoms with E-state index in [9.17, 15) is 5.11 Å². The van der Waals surface area contributed by atoms with Crippen molar-refractivity contribution < 1.29 is 9.84 Å². The number of aliphatic hydroxyl groups is 1. The summed E-state index contributed by atoms with van der Waals surface area (Å²) in [6.45, 7) is 10.6. The molecule has 0 unspecified atom stereocenters. The zero-order chi connectivity index (χ0) is 14.0. The summed E-state index contributed by atoms with van der Waals surface area (Å²) in [6.07, 6.45) is -0.00544. The molecule has 0 radical (unpaired) electrons. The smallest absolute Gasteiger partial charge is 0.0826 e. The van der Waals surface area contributed by atoms with Crippen molar-refractivity contribution in [1.82, 2.24) is 0 Å². The van der Waals surface area contributed by atoms with Gasteiger partial charge < -0.3 is 9.84 Å². The van der Waals surface area contributed by atoms with Gasteiger partial charge in [0.15, 0.2) is 0 Å². The number of ether oxygens (including phenoxy) is 1. The van der Waals surface area contributed by atoms with Gasteiger partial charge in [0.1, 0.15) is 0 Å². The summed E-state index contributed by atoms with van der Waals surface area (Å²) in [4.78, 5) is 0. The van der Waals surface area contributed by atoms with Crippen LogP contribution >= 0.6 is 0 Å². The maximum Gasteiger partial charge on any atom is 0.0826 e. The number of methoxy groups -OCH3 is 1. The third-order valence-electron chi connectivity index (χ3n) is 4.12. The molecule has 18 heavy (non-hydrogen) atoms. The molecule has 0 heterocycles. The Balaban J connectivity index is 3.23. The molecule has 3 heteroatoms. The maximum absolute atomic E-state index is 11.0. The van der Waals surface area contributed by atoms with Crippen molar-refractivity contribution in [3.63, 3.8) is 0 Å². The highest BCUT2D eigenvalue weighted by Crippen LogP contribution is 2.38. The van der Waals surface area contributed by atoms with E-state index in [1.54, 1.807) is 7.11 Å². The van der Waals surface area contributed by atoms with Gasteiger partial charge >= 0.3 is 0 Å². The van der Waals surface area contributed by atoms with E-state index in [1.807, 2.05) is 32.0 Å². The lowest BCUT2D eigenvalue weighted by Gasteiger charge is -2.44. The van der Waals surface area contributed by atoms with Crippen molar-refractivity contribution in [2.75, 3.05) is 7.11 Å². The first-order chi connectivity index (χ1) is 8.21. The molecular formula is C15H26O2Si. The van der Waals surface area contributed by atoms with Crippen LogP contribution in [0, 0.1) is 0 Å². The zero-order valence-electron chi connectivity index (χ0n) is 12.4. The molecule has 0 fully saturated rings. The van der Waals surface area contributed by atoms with Gasteiger partial charge in [0.05, 0.1) is 19.4 Å². The van der Waals surface area contributed by atoms with Gasteiger partial charge in [-0.2, -0.15) is 0 Å². The van der Waals surface area contributed by atoms with Crippen molar-refractivity contribution in [3.05, 3.63) is 35.9 Å². The minimum atomic E-state index is -1.73. The molecule has 102 valence electrons. The van der Waals surface area contributed by atoms with Crippen LogP contribution < -0.4 is 0 Å². The van der Waals surface area contributed by atoms with Crippen LogP contribution in [0.15, 0.2) is 30.3 Å². The van der Waals surface area contributed by atoms with Crippen molar-refractivity contribution in [3.8, 4) is 0 Å². The molecule has 0 bridgehead atoms. The minimum Gasteiger partial charge on any atom is -0.393 e. The Kier molecular flexibility index (Phi) is 4.76. The van der Waals surface area contributed by atoms with Gasteiger partial charge in [0.2, 0.25) is 0 Å². The maximum atomic E-state index is 11.0. The normalized spacial score (nSPS) is 19.1. The van der Waals surface area contributed by atoms with E-state index in [0.29, 0.717) is 0 Å². The highest BCUT2D eigenvalue weighted by Gasteiger charge is 2.46. The van der Waals surface area contributed by atoms with E-state index in [2.05, 4.69) is 31.8 Å². The van der Waals surface area contributed by atoms with Crippen LogP contribution in [0.3, 0.4) is 0 Å². The van der Waals surface area contributed by atoms with Crippen LogP contribution in [-0.4, -0.2) is 31.6 Å². The van der Waals surface area contributed by atoms with Crippen LogP contribution in [0.25, 0.3) is 0 Å². The van der Waals surface area contributed by atoms with Crippen LogP contribution in [0.2, 0.25) is 19.6 Å². The Hall–Kier alpha value is -0.643. The highest BCUT2D eigenvalue weighted by atomic mass is 28.3. The lowest BCUT2D eigenvalue weighted by Crippen LogP contribution is -2.56. The van der Waals surface area contributed by atoms with Crippen LogP contribution in [0.4, 0.5) is 0 Å². The van der Waals surface area contributed by atoms with Gasteiger partial charge in [-0.25, -0.2) is 0 Å². The molecule has 0 aliphatic rings. The summed E-state index contributed by atoms with van der Waals surface area (Å²) < 4.78 is 5.51. The number of hydrogen-bond acceptors (Lipinski definition) is 2. The zero-order valence-corrected chi connectivity index (χ0v) is 13.4. The average molecular weight is 266 g/mol. The summed E-state index contributed by atoms with van der Waals surface area (Å²) in [7, 11) is -0.0250. The fraction of sp³-hybridized carbons (Fsp3) is 0.600. The lowest BCUT2D eigenvalue weighted by atomic mass is 9.89. The van der Waals surface area contributed by atoms with Crippen LogP contribution in [0.1, 0.15) is 25.3 Å². The Morgan fingerprint density at radius 2 is 1.67 bits per heavy atom. The third-order valence-corrected chi connectivity index (χ3v) is 7.47. The van der Waals surface area contributed by atoms with E-state index in [-0.39, 0.29) is 12.0 Å². The van der Waals surface area contributed by atoms with Crippen molar-refractivity contribution >= 4 is 8.07 Å². The number of hydrogen-bond donors (Lipinski definition) is 1. The first kappa shape index (κ1) is 15.4. The molecule has 1 aromatic rings. The van der Waals surface area contributed by atoms with Gasteiger partial charge in [-0.05, 0) is 19.4 Å². The van der Waals surface area contributed by atoms with E-state index in [4.69, 9.17) is 4.74 Å². The second-order valence-electron chi connectivity index (χ2n) is 6.23. The van der Waals surface area contributed by atoms with E-state index in [1.165, 1.54) is 0 Å². The summed E-state index contributed by atoms with van der Waals surface area (Å²) in [5, 5.41) is 10.3. The number of benzene rings is 1. The minimum absolute atomic E-state index is 0.00544. The molecule has 1 N–H and O–H groups in total. The summed E-state index contributed by atoms with van der Waals surface area (Å²) >= 11 is 0. The van der Waals surface area contributed by atoms with E-state index in [0.717, 1.165) is 5.56 Å². The van der Waals surface area contributed by atoms with Gasteiger partial charge in [0.25, 0.3) is 0 Å². The average Bonchev–Trinajstić information content (AvgIpc) is 2.28. The van der Waals surface area contributed by atoms with Crippen LogP contribution in [-0.2, 0) is 4.74 Å². The molecule has 1 aromatic carbocycles. The van der Waals surface area contributed by atoms with Crippen molar-refractivity contribution in [2.45, 2.75) is 50.7 Å². The fourth-order valence-corrected chi connectivity index (χ4v) is 3.65. The van der Waals surface area contributed by atoms with Gasteiger partial charge in [-0.15, -0.1) is 0 Å². The largest absolute Gasteiger partial charge is 0.393 e. The molecule has 1 rings (SSSR count). The van der Waals surface area contributed by atoms with Crippen LogP contribution in [0.5, 0.6) is 0 Å². The molecule has 3 atom stereocenters. The molecule has 0 aliphatic heterocycles. The molecule has 2 nitrogen and oxygen atoms in total. The summed E-state index contributed by atoms with van der Waals surface area (Å²) in [6, 6.07) is 10.2. The fourth-order valence-electron chi connectivity index (χ4n) is 2.32. The summed E-state index contributed by atoms with van der Waals surface area (Å²) in [5.41, 5.74) is 1.15. The topological polar surface area (TPSA) is 29.5 Å². The SMILES string of the molecule is CO[C@@H](C)[C@@H](c1ccccc1)[C@](C)(O)[Si](C)(C)C. The second kappa shape index (κ2) is 5.55. The predicted molar refractivity (Wildman–Crippen MR) is 79.6 cm³/mol. The number of rotatable bonds is 5. The van der Waals surface area contributed by atoms with E-state index >= 15 is 0 Å². The lowest BCUT2D eigenvalue weighted by molar-refractivity contribution is 0.0120. The Labute approximate surface area is 112 Å². The molecule has 0 amide bonds. The van der Waals surface area contributed by atoms with Crippen molar-refractivity contribution in [1.29, 1.82) is 0 Å². The van der Waals surface area contributed by atoms with E-state index < -0.39 is 13.3 Å². The molecule has 0 aromatic heterocycles. The Morgan fingerprint density at radius 1 is 1.17 bits per heavy atom. The molecule has 0 saturated carbocycles. The molecular weight excluding hydrogens is 240 g/mol. The monoisotopic (exact) mass is 266 g/mol. The Bertz CT molecular complexity index is 368. The second-order valence-corrected chi connectivity index (χ2v) is 11.7. The molecule has 0 spiro atoms. The predicted octanol–water partition coefficient (Wildman–Crippen LogP) is 3.43. The summed E-state index contributed by atoms with van der Waals surface area (Å²) in [5.74, 6) is 0.00960.